The fourth-order valence-corrected chi connectivity index (χ4v) is 2.83. The zero-order valence-corrected chi connectivity index (χ0v) is 11.2. The monoisotopic (exact) mass is 285 g/mol. The standard InChI is InChI=1S/C12H16ClN3O3/c13-7-12(5-1-2-6-12)8-14-11(17)9-3-4-10(15-9)16(18)19/h3-4,15H,1-2,5-8H2,(H,14,17). The van der Waals surface area contributed by atoms with Crippen molar-refractivity contribution in [2.45, 2.75) is 25.7 Å². The van der Waals surface area contributed by atoms with Crippen molar-refractivity contribution >= 4 is 23.3 Å². The van der Waals surface area contributed by atoms with E-state index in [2.05, 4.69) is 10.3 Å². The van der Waals surface area contributed by atoms with Gasteiger partial charge in [-0.05, 0) is 23.8 Å². The molecule has 0 unspecified atom stereocenters. The van der Waals surface area contributed by atoms with Crippen molar-refractivity contribution in [1.29, 1.82) is 0 Å². The van der Waals surface area contributed by atoms with Gasteiger partial charge >= 0.3 is 5.82 Å². The third-order valence-electron chi connectivity index (χ3n) is 3.68. The molecule has 7 heteroatoms. The smallest absolute Gasteiger partial charge is 0.321 e. The van der Waals surface area contributed by atoms with Crippen LogP contribution in [0.15, 0.2) is 12.1 Å². The molecule has 6 nitrogen and oxygen atoms in total. The largest absolute Gasteiger partial charge is 0.358 e. The third-order valence-corrected chi connectivity index (χ3v) is 4.25. The fourth-order valence-electron chi connectivity index (χ4n) is 2.47. The van der Waals surface area contributed by atoms with E-state index in [1.54, 1.807) is 0 Å². The lowest BCUT2D eigenvalue weighted by molar-refractivity contribution is -0.389. The van der Waals surface area contributed by atoms with Crippen molar-refractivity contribution in [3.05, 3.63) is 27.9 Å². The van der Waals surface area contributed by atoms with Crippen LogP contribution in [0.5, 0.6) is 0 Å². The number of carbonyl (C=O) groups excluding carboxylic acids is 1. The van der Waals surface area contributed by atoms with E-state index in [1.807, 2.05) is 0 Å². The van der Waals surface area contributed by atoms with E-state index in [9.17, 15) is 14.9 Å². The molecule has 19 heavy (non-hydrogen) atoms. The number of amides is 1. The Morgan fingerprint density at radius 3 is 2.68 bits per heavy atom. The number of aromatic nitrogens is 1. The minimum Gasteiger partial charge on any atom is -0.358 e. The average Bonchev–Trinajstić information content (AvgIpc) is 3.06. The summed E-state index contributed by atoms with van der Waals surface area (Å²) in [7, 11) is 0. The number of H-pyrrole nitrogens is 1. The van der Waals surface area contributed by atoms with Crippen molar-refractivity contribution in [3.63, 3.8) is 0 Å². The summed E-state index contributed by atoms with van der Waals surface area (Å²) in [4.78, 5) is 24.3. The highest BCUT2D eigenvalue weighted by molar-refractivity contribution is 6.18. The van der Waals surface area contributed by atoms with Crippen LogP contribution in [0.3, 0.4) is 0 Å². The van der Waals surface area contributed by atoms with E-state index >= 15 is 0 Å². The van der Waals surface area contributed by atoms with E-state index in [-0.39, 0.29) is 22.8 Å². The molecule has 0 saturated heterocycles. The van der Waals surface area contributed by atoms with Gasteiger partial charge in [0.2, 0.25) is 0 Å². The summed E-state index contributed by atoms with van der Waals surface area (Å²) in [6, 6.07) is 2.69. The molecular formula is C12H16ClN3O3. The fraction of sp³-hybridized carbons (Fsp3) is 0.583. The quantitative estimate of drug-likeness (QED) is 0.495. The molecule has 0 atom stereocenters. The van der Waals surface area contributed by atoms with Gasteiger partial charge in [0.15, 0.2) is 5.69 Å². The van der Waals surface area contributed by atoms with Crippen LogP contribution in [0.2, 0.25) is 0 Å². The number of hydrogen-bond donors (Lipinski definition) is 2. The number of nitro groups is 1. The Hall–Kier alpha value is -1.56. The molecular weight excluding hydrogens is 270 g/mol. The maximum Gasteiger partial charge on any atom is 0.321 e. The summed E-state index contributed by atoms with van der Waals surface area (Å²) >= 11 is 5.99. The first-order chi connectivity index (χ1) is 9.06. The lowest BCUT2D eigenvalue weighted by Gasteiger charge is -2.26. The number of hydrogen-bond acceptors (Lipinski definition) is 3. The predicted molar refractivity (Wildman–Crippen MR) is 71.4 cm³/mol. The summed E-state index contributed by atoms with van der Waals surface area (Å²) in [5, 5.41) is 13.3. The van der Waals surface area contributed by atoms with Crippen LogP contribution in [0.4, 0.5) is 5.82 Å². The Bertz CT molecular complexity index is 480. The summed E-state index contributed by atoms with van der Waals surface area (Å²) < 4.78 is 0. The minimum atomic E-state index is -0.562. The number of nitrogens with one attached hydrogen (secondary N) is 2. The molecule has 2 rings (SSSR count). The Balaban J connectivity index is 1.95. The number of aromatic amines is 1. The van der Waals surface area contributed by atoms with Gasteiger partial charge in [-0.3, -0.25) is 4.79 Å². The molecule has 1 saturated carbocycles. The summed E-state index contributed by atoms with van der Waals surface area (Å²) in [6.45, 7) is 0.516. The number of nitrogens with zero attached hydrogens (tertiary/aromatic N) is 1. The molecule has 0 aliphatic heterocycles. The van der Waals surface area contributed by atoms with E-state index in [1.165, 1.54) is 12.1 Å². The first-order valence-corrected chi connectivity index (χ1v) is 6.77. The first-order valence-electron chi connectivity index (χ1n) is 6.24. The molecule has 1 heterocycles. The molecule has 0 radical (unpaired) electrons. The molecule has 0 bridgehead atoms. The minimum absolute atomic E-state index is 0.0181. The van der Waals surface area contributed by atoms with E-state index in [0.29, 0.717) is 12.4 Å². The topological polar surface area (TPSA) is 88.0 Å². The maximum absolute atomic E-state index is 11.9. The Morgan fingerprint density at radius 2 is 2.16 bits per heavy atom. The van der Waals surface area contributed by atoms with Crippen molar-refractivity contribution in [2.75, 3.05) is 12.4 Å². The van der Waals surface area contributed by atoms with Gasteiger partial charge in [0.1, 0.15) is 0 Å². The van der Waals surface area contributed by atoms with Crippen LogP contribution in [-0.2, 0) is 0 Å². The van der Waals surface area contributed by atoms with Gasteiger partial charge in [0, 0.05) is 23.9 Å². The molecule has 1 aromatic rings. The van der Waals surface area contributed by atoms with Gasteiger partial charge in [0.05, 0.1) is 0 Å². The Kier molecular flexibility index (Phi) is 4.09. The van der Waals surface area contributed by atoms with Gasteiger partial charge in [0.25, 0.3) is 5.91 Å². The molecule has 2 N–H and O–H groups in total. The summed E-state index contributed by atoms with van der Waals surface area (Å²) in [6.07, 6.45) is 4.30. The van der Waals surface area contributed by atoms with Gasteiger partial charge < -0.3 is 15.4 Å². The highest BCUT2D eigenvalue weighted by Gasteiger charge is 2.33. The first kappa shape index (κ1) is 13.9. The SMILES string of the molecule is O=C(NCC1(CCl)CCCC1)c1ccc([N+](=O)[O-])[nH]1. The molecule has 0 aromatic carbocycles. The molecule has 0 spiro atoms. The Labute approximate surface area is 115 Å². The molecule has 1 aliphatic carbocycles. The normalized spacial score (nSPS) is 17.3. The van der Waals surface area contributed by atoms with E-state index in [0.717, 1.165) is 25.7 Å². The number of rotatable bonds is 5. The number of halogens is 1. The zero-order chi connectivity index (χ0) is 13.9. The van der Waals surface area contributed by atoms with Crippen LogP contribution in [0, 0.1) is 15.5 Å². The second kappa shape index (κ2) is 5.61. The van der Waals surface area contributed by atoms with Gasteiger partial charge in [-0.2, -0.15) is 0 Å². The van der Waals surface area contributed by atoms with Crippen molar-refractivity contribution in [3.8, 4) is 0 Å². The summed E-state index contributed by atoms with van der Waals surface area (Å²) in [5.41, 5.74) is 0.185. The molecule has 1 fully saturated rings. The van der Waals surface area contributed by atoms with Crippen LogP contribution in [0.25, 0.3) is 0 Å². The highest BCUT2D eigenvalue weighted by Crippen LogP contribution is 2.38. The van der Waals surface area contributed by atoms with E-state index in [4.69, 9.17) is 11.6 Å². The molecule has 1 aliphatic rings. The van der Waals surface area contributed by atoms with Crippen molar-refractivity contribution in [1.82, 2.24) is 10.3 Å². The molecule has 1 amide bonds. The molecule has 1 aromatic heterocycles. The predicted octanol–water partition coefficient (Wildman–Crippen LogP) is 2.45. The van der Waals surface area contributed by atoms with Crippen LogP contribution in [0.1, 0.15) is 36.2 Å². The summed E-state index contributed by atoms with van der Waals surface area (Å²) in [5.74, 6) is 0.0144. The maximum atomic E-state index is 11.9. The lowest BCUT2D eigenvalue weighted by Crippen LogP contribution is -2.37. The lowest BCUT2D eigenvalue weighted by atomic mass is 9.88. The van der Waals surface area contributed by atoms with Crippen LogP contribution >= 0.6 is 11.6 Å². The van der Waals surface area contributed by atoms with Gasteiger partial charge in [-0.15, -0.1) is 11.6 Å². The second-order valence-electron chi connectivity index (χ2n) is 5.04. The second-order valence-corrected chi connectivity index (χ2v) is 5.31. The highest BCUT2D eigenvalue weighted by atomic mass is 35.5. The van der Waals surface area contributed by atoms with Crippen LogP contribution < -0.4 is 5.32 Å². The Morgan fingerprint density at radius 1 is 1.47 bits per heavy atom. The van der Waals surface area contributed by atoms with Crippen molar-refractivity contribution in [2.24, 2.45) is 5.41 Å². The number of carbonyl (C=O) groups is 1. The van der Waals surface area contributed by atoms with E-state index < -0.39 is 4.92 Å². The zero-order valence-electron chi connectivity index (χ0n) is 10.4. The third kappa shape index (κ3) is 3.07. The van der Waals surface area contributed by atoms with Crippen LogP contribution in [-0.4, -0.2) is 28.2 Å². The van der Waals surface area contributed by atoms with Gasteiger partial charge in [-0.1, -0.05) is 12.8 Å². The molecule has 104 valence electrons. The average molecular weight is 286 g/mol. The van der Waals surface area contributed by atoms with Crippen molar-refractivity contribution < 1.29 is 9.72 Å². The van der Waals surface area contributed by atoms with Gasteiger partial charge in [-0.25, -0.2) is 4.98 Å². The number of alkyl halides is 1.